The smallest absolute Gasteiger partial charge is 0.232 e. The highest BCUT2D eigenvalue weighted by atomic mass is 79.9. The lowest BCUT2D eigenvalue weighted by atomic mass is 9.96. The van der Waals surface area contributed by atoms with Crippen molar-refractivity contribution in [2.75, 3.05) is 87.1 Å². The van der Waals surface area contributed by atoms with Gasteiger partial charge in [0.15, 0.2) is 0 Å². The topological polar surface area (TPSA) is 115 Å². The third-order valence-corrected chi connectivity index (χ3v) is 12.1. The van der Waals surface area contributed by atoms with Crippen LogP contribution in [-0.4, -0.2) is 108 Å². The number of aryl methyl sites for hydroxylation is 1. The number of nitrogens with one attached hydrogen (secondary N) is 2. The number of likely N-dealkylation sites (tertiary alicyclic amines) is 1. The summed E-state index contributed by atoms with van der Waals surface area (Å²) < 4.78 is 39.1. The van der Waals surface area contributed by atoms with Gasteiger partial charge in [-0.2, -0.15) is 4.98 Å². The number of piperidine rings is 2. The number of hydrogen-bond acceptors (Lipinski definition) is 11. The molecule has 2 saturated heterocycles. The first-order chi connectivity index (χ1) is 24.0. The Morgan fingerprint density at radius 1 is 0.960 bits per heavy atom. The van der Waals surface area contributed by atoms with Gasteiger partial charge < -0.3 is 34.8 Å². The van der Waals surface area contributed by atoms with Gasteiger partial charge in [-0.3, -0.25) is 4.31 Å². The maximum atomic E-state index is 12.6. The zero-order chi connectivity index (χ0) is 35.4. The second-order valence-electron chi connectivity index (χ2n) is 13.8. The minimum atomic E-state index is -3.54. The Morgan fingerprint density at radius 2 is 1.72 bits per heavy atom. The van der Waals surface area contributed by atoms with Gasteiger partial charge in [-0.15, -0.1) is 0 Å². The van der Waals surface area contributed by atoms with Crippen LogP contribution >= 0.6 is 15.9 Å². The molecule has 0 amide bonds. The lowest BCUT2D eigenvalue weighted by Crippen LogP contribution is -2.50. The van der Waals surface area contributed by atoms with Gasteiger partial charge in [-0.1, -0.05) is 0 Å². The van der Waals surface area contributed by atoms with Crippen LogP contribution in [0, 0.1) is 0 Å². The van der Waals surface area contributed by atoms with E-state index in [4.69, 9.17) is 14.5 Å². The summed E-state index contributed by atoms with van der Waals surface area (Å²) in [4.78, 5) is 17.0. The van der Waals surface area contributed by atoms with Crippen molar-refractivity contribution in [1.82, 2.24) is 19.8 Å². The number of methoxy groups -OCH3 is 1. The average Bonchev–Trinajstić information content (AvgIpc) is 3.10. The van der Waals surface area contributed by atoms with Crippen LogP contribution in [0.3, 0.4) is 0 Å². The van der Waals surface area contributed by atoms with Crippen LogP contribution in [-0.2, 0) is 16.4 Å². The number of aromatic nitrogens is 2. The number of halogens is 1. The van der Waals surface area contributed by atoms with E-state index in [-0.39, 0.29) is 0 Å². The van der Waals surface area contributed by atoms with Crippen LogP contribution in [0.5, 0.6) is 11.5 Å². The molecule has 4 aliphatic rings. The number of hydrogen-bond donors (Lipinski definition) is 2. The highest BCUT2D eigenvalue weighted by Crippen LogP contribution is 2.39. The molecule has 3 aromatic rings. The first-order valence-electron chi connectivity index (χ1n) is 17.6. The molecule has 0 spiro atoms. The lowest BCUT2D eigenvalue weighted by Gasteiger charge is -2.43. The van der Waals surface area contributed by atoms with Crippen LogP contribution in [0.4, 0.5) is 34.5 Å². The summed E-state index contributed by atoms with van der Waals surface area (Å²) in [6, 6.07) is 11.1. The molecule has 5 heterocycles. The monoisotopic (exact) mass is 770 g/mol. The molecule has 0 radical (unpaired) electrons. The number of rotatable bonds is 6. The normalized spacial score (nSPS) is 18.5. The number of anilines is 6. The van der Waals surface area contributed by atoms with Crippen molar-refractivity contribution in [3.8, 4) is 11.5 Å². The molecule has 2 N–H and O–H groups in total. The van der Waals surface area contributed by atoms with Crippen molar-refractivity contribution < 1.29 is 17.9 Å². The van der Waals surface area contributed by atoms with Crippen LogP contribution in [0.2, 0.25) is 0 Å². The average molecular weight is 772 g/mol. The maximum Gasteiger partial charge on any atom is 0.232 e. The number of fused-ring (bicyclic) bond motifs is 7. The molecule has 0 saturated carbocycles. The molecule has 2 fully saturated rings. The molecule has 0 atom stereocenters. The van der Waals surface area contributed by atoms with Gasteiger partial charge >= 0.3 is 0 Å². The van der Waals surface area contributed by atoms with Gasteiger partial charge in [0.2, 0.25) is 16.0 Å². The molecule has 50 heavy (non-hydrogen) atoms. The summed E-state index contributed by atoms with van der Waals surface area (Å²) in [5.41, 5.74) is 4.32. The lowest BCUT2D eigenvalue weighted by molar-refractivity contribution is 0.0960. The summed E-state index contributed by atoms with van der Waals surface area (Å²) in [5, 5.41) is 6.73. The Balaban J connectivity index is 1.26. The Labute approximate surface area is 305 Å². The Kier molecular flexibility index (Phi) is 11.6. The third kappa shape index (κ3) is 8.58. The number of benzene rings is 2. The molecule has 1 aromatic heterocycles. The van der Waals surface area contributed by atoms with Gasteiger partial charge in [0.1, 0.15) is 17.3 Å². The first-order valence-corrected chi connectivity index (χ1v) is 20.3. The van der Waals surface area contributed by atoms with Gasteiger partial charge in [-0.05, 0) is 118 Å². The molecule has 7 rings (SSSR count). The second kappa shape index (κ2) is 15.9. The van der Waals surface area contributed by atoms with E-state index in [0.717, 1.165) is 63.1 Å². The molecular weight excluding hydrogens is 720 g/mol. The highest BCUT2D eigenvalue weighted by molar-refractivity contribution is 9.10. The van der Waals surface area contributed by atoms with E-state index >= 15 is 0 Å². The summed E-state index contributed by atoms with van der Waals surface area (Å²) in [7, 11) is 4.09. The molecule has 0 unspecified atom stereocenters. The van der Waals surface area contributed by atoms with Gasteiger partial charge in [-0.25, -0.2) is 13.4 Å². The predicted octanol–water partition coefficient (Wildman–Crippen LogP) is 6.23. The number of ether oxygens (including phenoxy) is 2. The van der Waals surface area contributed by atoms with Crippen LogP contribution in [0.25, 0.3) is 0 Å². The molecular formula is C36H51BrN8O4S. The fraction of sp³-hybridized carbons (Fsp3) is 0.556. The fourth-order valence-electron chi connectivity index (χ4n) is 7.31. The summed E-state index contributed by atoms with van der Waals surface area (Å²) in [6.45, 7) is 4.97. The van der Waals surface area contributed by atoms with Crippen LogP contribution in [0.15, 0.2) is 41.0 Å². The van der Waals surface area contributed by atoms with Crippen LogP contribution < -0.4 is 29.3 Å². The largest absolute Gasteiger partial charge is 0.494 e. The molecule has 272 valence electrons. The second-order valence-corrected chi connectivity index (χ2v) is 16.7. The third-order valence-electron chi connectivity index (χ3n) is 10.4. The summed E-state index contributed by atoms with van der Waals surface area (Å²) >= 11 is 3.57. The Hall–Kier alpha value is -3.33. The van der Waals surface area contributed by atoms with E-state index in [2.05, 4.69) is 72.5 Å². The maximum absolute atomic E-state index is 12.6. The number of nitrogens with zero attached hydrogens (tertiary/aromatic N) is 6. The number of sulfonamides is 1. The van der Waals surface area contributed by atoms with Crippen molar-refractivity contribution in [3.63, 3.8) is 0 Å². The zero-order valence-electron chi connectivity index (χ0n) is 29.9. The van der Waals surface area contributed by atoms with Gasteiger partial charge in [0, 0.05) is 56.2 Å². The molecule has 4 aliphatic heterocycles. The van der Waals surface area contributed by atoms with E-state index < -0.39 is 10.0 Å². The van der Waals surface area contributed by atoms with Crippen LogP contribution in [0.1, 0.15) is 50.5 Å². The SMILES string of the molecule is COc1cc(N2CCC(N3CCC(N(C)C)CC3)CC2)c2cc1Nc1ncc(Br)c(n1)Nc1ccc(cc1N(C)S(C)(=O)=O)OCCCCC2. The minimum absolute atomic E-state index is 0.380. The summed E-state index contributed by atoms with van der Waals surface area (Å²) in [6.07, 6.45) is 11.5. The molecule has 2 aromatic carbocycles. The van der Waals surface area contributed by atoms with E-state index in [1.165, 1.54) is 54.8 Å². The van der Waals surface area contributed by atoms with Crippen molar-refractivity contribution in [2.24, 2.45) is 0 Å². The molecule has 6 bridgehead atoms. The van der Waals surface area contributed by atoms with E-state index in [0.29, 0.717) is 52.1 Å². The first kappa shape index (κ1) is 36.5. The molecule has 14 heteroatoms. The van der Waals surface area contributed by atoms with E-state index in [9.17, 15) is 8.42 Å². The van der Waals surface area contributed by atoms with Crippen molar-refractivity contribution in [3.05, 3.63) is 46.6 Å². The van der Waals surface area contributed by atoms with E-state index in [1.807, 2.05) is 6.07 Å². The quantitative estimate of drug-likeness (QED) is 0.297. The van der Waals surface area contributed by atoms with Crippen molar-refractivity contribution >= 4 is 60.5 Å². The summed E-state index contributed by atoms with van der Waals surface area (Å²) in [5.74, 6) is 2.20. The molecule has 12 nitrogen and oxygen atoms in total. The van der Waals surface area contributed by atoms with Gasteiger partial charge in [0.25, 0.3) is 0 Å². The minimum Gasteiger partial charge on any atom is -0.494 e. The fourth-order valence-corrected chi connectivity index (χ4v) is 8.11. The van der Waals surface area contributed by atoms with E-state index in [1.54, 1.807) is 25.4 Å². The van der Waals surface area contributed by atoms with Gasteiger partial charge in [0.05, 0.1) is 41.5 Å². The van der Waals surface area contributed by atoms with Crippen molar-refractivity contribution in [1.29, 1.82) is 0 Å². The standard InChI is InChI=1S/C36H51BrN8O4S/c1-42(2)26-12-16-44(17-13-26)27-14-18-45(19-15-27)32-23-34(48-4)31-21-25(32)9-7-6-8-20-49-28-10-11-30(33(22-28)43(3)50(5,46)47)39-35-29(37)24-38-36(40-31)41-35/h10-11,21-24,26-27H,6-9,12-20H2,1-5H3,(H2,38,39,40,41). The van der Waals surface area contributed by atoms with Crippen molar-refractivity contribution in [2.45, 2.75) is 63.5 Å². The zero-order valence-corrected chi connectivity index (χ0v) is 32.3. The molecule has 0 aliphatic carbocycles. The Bertz CT molecular complexity index is 1740. The predicted molar refractivity (Wildman–Crippen MR) is 206 cm³/mol. The Morgan fingerprint density at radius 3 is 2.42 bits per heavy atom. The highest BCUT2D eigenvalue weighted by Gasteiger charge is 2.30.